The lowest BCUT2D eigenvalue weighted by Gasteiger charge is -2.31. The number of allylic oxidation sites excluding steroid dienone is 1. The molecule has 1 aliphatic carbocycles. The number of carbonyl (C=O) groups excluding carboxylic acids is 2. The highest BCUT2D eigenvalue weighted by Crippen LogP contribution is 2.51. The normalized spacial score (nSPS) is 21.4. The van der Waals surface area contributed by atoms with Gasteiger partial charge in [0.2, 0.25) is 11.8 Å². The number of nitrogens with zero attached hydrogens (tertiary/aromatic N) is 2. The van der Waals surface area contributed by atoms with Gasteiger partial charge in [0, 0.05) is 17.5 Å². The molecular formula is C42H37BN2O7. The number of aromatic nitrogens is 1. The minimum Gasteiger partial charge on any atom is -0.507 e. The summed E-state index contributed by atoms with van der Waals surface area (Å²) in [6, 6.07) is 33.0. The van der Waals surface area contributed by atoms with Crippen LogP contribution in [-0.4, -0.2) is 58.4 Å². The molecule has 0 radical (unpaired) electrons. The number of rotatable bonds is 10. The maximum Gasteiger partial charge on any atom is 0.488 e. The van der Waals surface area contributed by atoms with Crippen molar-refractivity contribution in [3.05, 3.63) is 138 Å². The molecule has 3 N–H and O–H groups in total. The number of fused-ring (bicyclic) bond motifs is 4. The van der Waals surface area contributed by atoms with Crippen LogP contribution in [0.5, 0.6) is 11.5 Å². The van der Waals surface area contributed by atoms with Gasteiger partial charge in [-0.15, -0.1) is 0 Å². The Labute approximate surface area is 301 Å². The number of phenolic OH excluding ortho intramolecular Hbond substituents is 1. The minimum atomic E-state index is -1.73. The minimum absolute atomic E-state index is 0.199. The van der Waals surface area contributed by atoms with Crippen molar-refractivity contribution in [2.24, 2.45) is 17.8 Å². The number of hydrogen-bond donors (Lipinski definition) is 3. The molecule has 2 saturated heterocycles. The first-order chi connectivity index (χ1) is 25.4. The van der Waals surface area contributed by atoms with E-state index in [9.17, 15) is 24.7 Å². The Bertz CT molecular complexity index is 2200. The molecule has 2 aliphatic heterocycles. The number of carbonyl (C=O) groups is 2. The van der Waals surface area contributed by atoms with Crippen molar-refractivity contribution in [1.29, 1.82) is 0 Å². The molecule has 0 spiro atoms. The Kier molecular flexibility index (Phi) is 9.19. The number of imide groups is 1. The molecule has 4 aromatic carbocycles. The fraction of sp³-hybridized carbons (Fsp3) is 0.214. The van der Waals surface area contributed by atoms with Crippen LogP contribution in [0.1, 0.15) is 30.5 Å². The van der Waals surface area contributed by atoms with Crippen LogP contribution >= 0.6 is 0 Å². The standard InChI is InChI=1S/C42H37BN2O7/c46-37-18-16-26(32-13-4-5-14-33(32)37)21-27(36-15-6-7-20-44-36)17-19-38-39-28(24-51-31-11-2-1-3-12-31)22-34-40(35(39)25-52-38)42(48)45(41(34)47)30-10-8-9-29(23-30)43(49)50/h1-16,18,20-21,23,34-35,38,40,46,49-50H,17,19,22,24-25H2/b27-21-/t34-,35+,38-,40-/m1/s1. The lowest BCUT2D eigenvalue weighted by molar-refractivity contribution is -0.122. The van der Waals surface area contributed by atoms with Crippen LogP contribution in [0, 0.1) is 17.8 Å². The van der Waals surface area contributed by atoms with Gasteiger partial charge in [-0.05, 0) is 101 Å². The number of amides is 2. The third-order valence-electron chi connectivity index (χ3n) is 10.5. The highest BCUT2D eigenvalue weighted by molar-refractivity contribution is 6.58. The Morgan fingerprint density at radius 1 is 0.885 bits per heavy atom. The Morgan fingerprint density at radius 3 is 2.46 bits per heavy atom. The monoisotopic (exact) mass is 692 g/mol. The number of pyridine rings is 1. The molecule has 2 amide bonds. The number of aromatic hydroxyl groups is 1. The first kappa shape index (κ1) is 33.6. The first-order valence-corrected chi connectivity index (χ1v) is 17.5. The van der Waals surface area contributed by atoms with Gasteiger partial charge in [-0.3, -0.25) is 19.5 Å². The molecule has 0 saturated carbocycles. The Hall–Kier alpha value is -5.55. The van der Waals surface area contributed by atoms with Gasteiger partial charge in [0.1, 0.15) is 18.1 Å². The molecule has 0 unspecified atom stereocenters. The van der Waals surface area contributed by atoms with Gasteiger partial charge >= 0.3 is 7.12 Å². The van der Waals surface area contributed by atoms with Gasteiger partial charge in [-0.25, -0.2) is 0 Å². The summed E-state index contributed by atoms with van der Waals surface area (Å²) >= 11 is 0. The van der Waals surface area contributed by atoms with Crippen LogP contribution in [0.2, 0.25) is 0 Å². The molecule has 3 aliphatic rings. The summed E-state index contributed by atoms with van der Waals surface area (Å²) in [6.07, 6.45) is 5.16. The average molecular weight is 693 g/mol. The molecule has 2 fully saturated rings. The predicted octanol–water partition coefficient (Wildman–Crippen LogP) is 5.54. The topological polar surface area (TPSA) is 129 Å². The van der Waals surface area contributed by atoms with Crippen LogP contribution in [-0.2, 0) is 14.3 Å². The zero-order chi connectivity index (χ0) is 35.8. The largest absolute Gasteiger partial charge is 0.507 e. The van der Waals surface area contributed by atoms with Crippen LogP contribution in [0.25, 0.3) is 22.4 Å². The molecule has 260 valence electrons. The smallest absolute Gasteiger partial charge is 0.488 e. The predicted molar refractivity (Wildman–Crippen MR) is 200 cm³/mol. The van der Waals surface area contributed by atoms with Crippen LogP contribution < -0.4 is 15.1 Å². The van der Waals surface area contributed by atoms with E-state index < -0.39 is 19.0 Å². The summed E-state index contributed by atoms with van der Waals surface area (Å²) in [5.74, 6) is -1.18. The number of para-hydroxylation sites is 1. The molecule has 8 rings (SSSR count). The Balaban J connectivity index is 1.13. The summed E-state index contributed by atoms with van der Waals surface area (Å²) in [5.41, 5.74) is 5.31. The summed E-state index contributed by atoms with van der Waals surface area (Å²) in [5, 5.41) is 31.8. The van der Waals surface area contributed by atoms with E-state index in [1.807, 2.05) is 78.9 Å². The zero-order valence-corrected chi connectivity index (χ0v) is 28.3. The molecule has 9 nitrogen and oxygen atoms in total. The van der Waals surface area contributed by atoms with E-state index in [0.29, 0.717) is 37.3 Å². The second-order valence-electron chi connectivity index (χ2n) is 13.5. The van der Waals surface area contributed by atoms with Crippen molar-refractivity contribution < 1.29 is 34.2 Å². The van der Waals surface area contributed by atoms with Gasteiger partial charge in [0.25, 0.3) is 0 Å². The first-order valence-electron chi connectivity index (χ1n) is 17.5. The van der Waals surface area contributed by atoms with E-state index in [1.54, 1.807) is 24.4 Å². The summed E-state index contributed by atoms with van der Waals surface area (Å²) in [6.45, 7) is 0.554. The maximum atomic E-state index is 14.2. The lowest BCUT2D eigenvalue weighted by Crippen LogP contribution is -2.36. The van der Waals surface area contributed by atoms with E-state index in [-0.39, 0.29) is 41.7 Å². The number of phenols is 1. The Morgan fingerprint density at radius 2 is 1.67 bits per heavy atom. The van der Waals surface area contributed by atoms with E-state index >= 15 is 0 Å². The van der Waals surface area contributed by atoms with Crippen molar-refractivity contribution in [1.82, 2.24) is 4.98 Å². The summed E-state index contributed by atoms with van der Waals surface area (Å²) < 4.78 is 12.8. The van der Waals surface area contributed by atoms with Crippen LogP contribution in [0.3, 0.4) is 0 Å². The molecule has 10 heteroatoms. The average Bonchev–Trinajstić information content (AvgIpc) is 3.71. The van der Waals surface area contributed by atoms with E-state index in [4.69, 9.17) is 9.47 Å². The summed E-state index contributed by atoms with van der Waals surface area (Å²) in [7, 11) is -1.73. The van der Waals surface area contributed by atoms with Crippen LogP contribution in [0.15, 0.2) is 127 Å². The molecule has 4 atom stereocenters. The second-order valence-corrected chi connectivity index (χ2v) is 13.5. The number of ether oxygens (including phenoxy) is 2. The molecule has 1 aromatic heterocycles. The lowest BCUT2D eigenvalue weighted by atomic mass is 9.69. The van der Waals surface area contributed by atoms with Crippen molar-refractivity contribution >= 4 is 52.5 Å². The number of benzene rings is 4. The van der Waals surface area contributed by atoms with E-state index in [1.165, 1.54) is 17.0 Å². The van der Waals surface area contributed by atoms with Crippen molar-refractivity contribution in [2.45, 2.75) is 25.4 Å². The van der Waals surface area contributed by atoms with Gasteiger partial charge < -0.3 is 24.6 Å². The molecule has 3 heterocycles. The van der Waals surface area contributed by atoms with Crippen molar-refractivity contribution in [3.63, 3.8) is 0 Å². The highest BCUT2D eigenvalue weighted by Gasteiger charge is 2.57. The van der Waals surface area contributed by atoms with Gasteiger partial charge in [0.05, 0.1) is 35.9 Å². The second kappa shape index (κ2) is 14.2. The zero-order valence-electron chi connectivity index (χ0n) is 28.3. The van der Waals surface area contributed by atoms with Gasteiger partial charge in [-0.2, -0.15) is 0 Å². The van der Waals surface area contributed by atoms with Gasteiger partial charge in [0.15, 0.2) is 0 Å². The third kappa shape index (κ3) is 6.30. The number of anilines is 1. The van der Waals surface area contributed by atoms with Crippen molar-refractivity contribution in [2.75, 3.05) is 18.1 Å². The summed E-state index contributed by atoms with van der Waals surface area (Å²) in [4.78, 5) is 34.1. The van der Waals surface area contributed by atoms with Gasteiger partial charge in [-0.1, -0.05) is 66.7 Å². The van der Waals surface area contributed by atoms with Crippen LogP contribution in [0.4, 0.5) is 5.69 Å². The quantitative estimate of drug-likeness (QED) is 0.0989. The maximum absolute atomic E-state index is 14.2. The third-order valence-corrected chi connectivity index (χ3v) is 10.5. The fourth-order valence-corrected chi connectivity index (χ4v) is 8.11. The molecule has 52 heavy (non-hydrogen) atoms. The van der Waals surface area contributed by atoms with E-state index in [2.05, 4.69) is 11.1 Å². The highest BCUT2D eigenvalue weighted by atomic mass is 16.5. The van der Waals surface area contributed by atoms with E-state index in [0.717, 1.165) is 38.7 Å². The fourth-order valence-electron chi connectivity index (χ4n) is 8.11. The molecular weight excluding hydrogens is 655 g/mol. The molecule has 5 aromatic rings. The SMILES string of the molecule is O=C1[C@@H]2[C@@H](CC(COc3ccccc3)=C3[C@@H](CC/C(=C/c4ccc(O)c5ccccc45)c4ccccn4)OC[C@@H]32)C(=O)N1c1cccc(B(O)O)c1. The molecule has 0 bridgehead atoms. The van der Waals surface area contributed by atoms with Crippen molar-refractivity contribution in [3.8, 4) is 11.5 Å². The number of hydrogen-bond acceptors (Lipinski definition) is 8.